The van der Waals surface area contributed by atoms with E-state index in [4.69, 9.17) is 17.3 Å². The van der Waals surface area contributed by atoms with E-state index in [-0.39, 0.29) is 5.50 Å². The summed E-state index contributed by atoms with van der Waals surface area (Å²) in [5, 5.41) is 5.83. The molecule has 0 radical (unpaired) electrons. The molecule has 0 saturated heterocycles. The van der Waals surface area contributed by atoms with Gasteiger partial charge in [0.1, 0.15) is 11.3 Å². The van der Waals surface area contributed by atoms with Gasteiger partial charge >= 0.3 is 0 Å². The van der Waals surface area contributed by atoms with E-state index in [1.165, 1.54) is 0 Å². The highest BCUT2D eigenvalue weighted by Gasteiger charge is 2.08. The van der Waals surface area contributed by atoms with Crippen LogP contribution in [0.3, 0.4) is 0 Å². The Kier molecular flexibility index (Phi) is 2.06. The zero-order valence-electron chi connectivity index (χ0n) is 5.69. The van der Waals surface area contributed by atoms with E-state index in [0.717, 1.165) is 5.82 Å². The van der Waals surface area contributed by atoms with Crippen molar-refractivity contribution >= 4 is 11.6 Å². The molecule has 4 N–H and O–H groups in total. The van der Waals surface area contributed by atoms with Crippen LogP contribution < -0.4 is 16.4 Å². The van der Waals surface area contributed by atoms with E-state index in [1.54, 1.807) is 19.2 Å². The molecule has 10 heavy (non-hydrogen) atoms. The first-order chi connectivity index (χ1) is 4.74. The summed E-state index contributed by atoms with van der Waals surface area (Å²) in [5.41, 5.74) is 6.08. The van der Waals surface area contributed by atoms with Crippen molar-refractivity contribution in [2.24, 2.45) is 5.73 Å². The first-order valence-corrected chi connectivity index (χ1v) is 3.44. The van der Waals surface area contributed by atoms with E-state index in [0.29, 0.717) is 5.70 Å². The maximum atomic E-state index is 5.73. The third kappa shape index (κ3) is 1.36. The van der Waals surface area contributed by atoms with Gasteiger partial charge in [-0.25, -0.2) is 0 Å². The molecule has 0 spiro atoms. The summed E-state index contributed by atoms with van der Waals surface area (Å²) in [7, 11) is 1.79. The van der Waals surface area contributed by atoms with Gasteiger partial charge in [0.05, 0.1) is 5.70 Å². The summed E-state index contributed by atoms with van der Waals surface area (Å²) in [6, 6.07) is 0. The lowest BCUT2D eigenvalue weighted by Crippen LogP contribution is -2.34. The van der Waals surface area contributed by atoms with Crippen LogP contribution in [0.25, 0.3) is 0 Å². The number of dihydropyridines is 1. The van der Waals surface area contributed by atoms with Gasteiger partial charge in [-0.15, -0.1) is 0 Å². The van der Waals surface area contributed by atoms with Gasteiger partial charge in [0.2, 0.25) is 0 Å². The van der Waals surface area contributed by atoms with Gasteiger partial charge in [-0.05, 0) is 12.2 Å². The van der Waals surface area contributed by atoms with Crippen LogP contribution in [0.5, 0.6) is 0 Å². The maximum absolute atomic E-state index is 5.73. The normalized spacial score (nSPS) is 24.4. The molecule has 0 amide bonds. The van der Waals surface area contributed by atoms with Crippen LogP contribution in [0.4, 0.5) is 0 Å². The Morgan fingerprint density at radius 2 is 2.50 bits per heavy atom. The van der Waals surface area contributed by atoms with Gasteiger partial charge in [0.15, 0.2) is 0 Å². The number of hydrogen-bond donors (Lipinski definition) is 3. The Morgan fingerprint density at radius 3 is 3.00 bits per heavy atom. The van der Waals surface area contributed by atoms with Gasteiger partial charge in [0, 0.05) is 7.05 Å². The minimum atomic E-state index is -0.158. The lowest BCUT2D eigenvalue weighted by Gasteiger charge is -2.18. The van der Waals surface area contributed by atoms with E-state index in [1.807, 2.05) is 0 Å². The smallest absolute Gasteiger partial charge is 0.123 e. The topological polar surface area (TPSA) is 50.1 Å². The zero-order chi connectivity index (χ0) is 7.56. The lowest BCUT2D eigenvalue weighted by atomic mass is 10.3. The van der Waals surface area contributed by atoms with Gasteiger partial charge in [-0.1, -0.05) is 11.6 Å². The average Bonchev–Trinajstić information content (AvgIpc) is 1.94. The number of rotatable bonds is 1. The van der Waals surface area contributed by atoms with E-state index in [2.05, 4.69) is 10.6 Å². The SMILES string of the molecule is CNC1=C(N)C=CC(Cl)N1. The molecule has 3 nitrogen and oxygen atoms in total. The number of halogens is 1. The fourth-order valence-electron chi connectivity index (χ4n) is 0.757. The minimum Gasteiger partial charge on any atom is -0.396 e. The number of alkyl halides is 1. The molecule has 56 valence electrons. The molecular weight excluding hydrogens is 150 g/mol. The molecule has 0 bridgehead atoms. The third-order valence-electron chi connectivity index (χ3n) is 1.27. The van der Waals surface area contributed by atoms with Crippen LogP contribution in [0.1, 0.15) is 0 Å². The molecule has 0 aliphatic carbocycles. The Morgan fingerprint density at radius 1 is 1.80 bits per heavy atom. The van der Waals surface area contributed by atoms with Crippen molar-refractivity contribution in [3.8, 4) is 0 Å². The summed E-state index contributed by atoms with van der Waals surface area (Å²) in [6.07, 6.45) is 3.57. The summed E-state index contributed by atoms with van der Waals surface area (Å²) in [6.45, 7) is 0. The fraction of sp³-hybridized carbons (Fsp3) is 0.333. The molecule has 4 heteroatoms. The number of hydrogen-bond acceptors (Lipinski definition) is 3. The van der Waals surface area contributed by atoms with Crippen LogP contribution in [0.2, 0.25) is 0 Å². The largest absolute Gasteiger partial charge is 0.396 e. The van der Waals surface area contributed by atoms with Crippen molar-refractivity contribution < 1.29 is 0 Å². The molecule has 0 aromatic rings. The van der Waals surface area contributed by atoms with Gasteiger partial charge in [-0.3, -0.25) is 0 Å². The second-order valence-electron chi connectivity index (χ2n) is 1.99. The monoisotopic (exact) mass is 159 g/mol. The standard InChI is InChI=1S/C6H10ClN3/c1-9-6-4(8)2-3-5(7)10-6/h2-3,5,9-10H,8H2,1H3. The van der Waals surface area contributed by atoms with Crippen LogP contribution >= 0.6 is 11.6 Å². The fourth-order valence-corrected chi connectivity index (χ4v) is 0.939. The Balaban J connectivity index is 2.74. The first kappa shape index (κ1) is 7.28. The summed E-state index contributed by atoms with van der Waals surface area (Å²) in [5.74, 6) is 0.780. The van der Waals surface area contributed by atoms with Crippen molar-refractivity contribution in [2.45, 2.75) is 5.50 Å². The van der Waals surface area contributed by atoms with Crippen LogP contribution in [0.15, 0.2) is 23.7 Å². The molecule has 1 atom stereocenters. The molecule has 1 rings (SSSR count). The van der Waals surface area contributed by atoms with Gasteiger partial charge in [0.25, 0.3) is 0 Å². The van der Waals surface area contributed by atoms with Gasteiger partial charge < -0.3 is 16.4 Å². The second kappa shape index (κ2) is 2.84. The molecule has 1 aliphatic rings. The number of nitrogens with one attached hydrogen (secondary N) is 2. The molecule has 0 fully saturated rings. The first-order valence-electron chi connectivity index (χ1n) is 3.00. The summed E-state index contributed by atoms with van der Waals surface area (Å²) < 4.78 is 0. The molecule has 1 aliphatic heterocycles. The number of nitrogens with two attached hydrogens (primary N) is 1. The Bertz CT molecular complexity index is 185. The second-order valence-corrected chi connectivity index (χ2v) is 2.46. The maximum Gasteiger partial charge on any atom is 0.123 e. The van der Waals surface area contributed by atoms with Crippen molar-refractivity contribution in [2.75, 3.05) is 7.05 Å². The quantitative estimate of drug-likeness (QED) is 0.375. The highest BCUT2D eigenvalue weighted by Crippen LogP contribution is 2.06. The molecule has 1 unspecified atom stereocenters. The van der Waals surface area contributed by atoms with Crippen LogP contribution in [-0.2, 0) is 0 Å². The van der Waals surface area contributed by atoms with Gasteiger partial charge in [-0.2, -0.15) is 0 Å². The zero-order valence-corrected chi connectivity index (χ0v) is 6.44. The Hall–Kier alpha value is -0.830. The lowest BCUT2D eigenvalue weighted by molar-refractivity contribution is 0.732. The summed E-state index contributed by atoms with van der Waals surface area (Å²) in [4.78, 5) is 0. The molecule has 0 aromatic heterocycles. The average molecular weight is 160 g/mol. The third-order valence-corrected chi connectivity index (χ3v) is 1.52. The summed E-state index contributed by atoms with van der Waals surface area (Å²) >= 11 is 5.73. The molecule has 0 aromatic carbocycles. The van der Waals surface area contributed by atoms with E-state index >= 15 is 0 Å². The minimum absolute atomic E-state index is 0.158. The Labute approximate surface area is 64.9 Å². The molecule has 0 saturated carbocycles. The number of allylic oxidation sites excluding steroid dienone is 1. The predicted octanol–water partition coefficient (Wildman–Crippen LogP) is 0.0579. The molecule has 1 heterocycles. The van der Waals surface area contributed by atoms with Crippen molar-refractivity contribution in [3.05, 3.63) is 23.7 Å². The molecular formula is C6H10ClN3. The van der Waals surface area contributed by atoms with Crippen molar-refractivity contribution in [1.82, 2.24) is 10.6 Å². The van der Waals surface area contributed by atoms with E-state index < -0.39 is 0 Å². The van der Waals surface area contributed by atoms with E-state index in [9.17, 15) is 0 Å². The predicted molar refractivity (Wildman–Crippen MR) is 42.2 cm³/mol. The van der Waals surface area contributed by atoms with Crippen LogP contribution in [-0.4, -0.2) is 12.5 Å². The highest BCUT2D eigenvalue weighted by molar-refractivity contribution is 6.21. The van der Waals surface area contributed by atoms with Crippen molar-refractivity contribution in [3.63, 3.8) is 0 Å². The van der Waals surface area contributed by atoms with Crippen molar-refractivity contribution in [1.29, 1.82) is 0 Å². The highest BCUT2D eigenvalue weighted by atomic mass is 35.5. The van der Waals surface area contributed by atoms with Crippen LogP contribution in [0, 0.1) is 0 Å².